The Labute approximate surface area is 112 Å². The van der Waals surface area contributed by atoms with Gasteiger partial charge in [0.05, 0.1) is 17.4 Å². The van der Waals surface area contributed by atoms with Crippen LogP contribution in [0.25, 0.3) is 0 Å². The summed E-state index contributed by atoms with van der Waals surface area (Å²) in [5, 5.41) is 6.97. The summed E-state index contributed by atoms with van der Waals surface area (Å²) in [6, 6.07) is 5.67. The van der Waals surface area contributed by atoms with Crippen molar-refractivity contribution in [3.05, 3.63) is 41.7 Å². The second-order valence-electron chi connectivity index (χ2n) is 4.79. The molecule has 0 aliphatic heterocycles. The lowest BCUT2D eigenvalue weighted by atomic mass is 10.1. The third-order valence-electron chi connectivity index (χ3n) is 2.96. The summed E-state index contributed by atoms with van der Waals surface area (Å²) in [6.45, 7) is 5.93. The molecule has 1 aromatic carbocycles. The van der Waals surface area contributed by atoms with Crippen LogP contribution in [0.3, 0.4) is 0 Å². The normalized spacial score (nSPS) is 10.7. The minimum Gasteiger partial charge on any atom is -0.398 e. The molecule has 0 saturated heterocycles. The minimum atomic E-state index is -0.218. The maximum Gasteiger partial charge on any atom is 0.257 e. The third kappa shape index (κ3) is 2.76. The molecule has 19 heavy (non-hydrogen) atoms. The summed E-state index contributed by atoms with van der Waals surface area (Å²) in [4.78, 5) is 12.1. The number of nitrogen functional groups attached to an aromatic ring is 1. The van der Waals surface area contributed by atoms with Gasteiger partial charge in [0.2, 0.25) is 0 Å². The fraction of sp³-hybridized carbons (Fsp3) is 0.286. The summed E-state index contributed by atoms with van der Waals surface area (Å²) in [5.41, 5.74) is 8.46. The highest BCUT2D eigenvalue weighted by atomic mass is 16.1. The average molecular weight is 258 g/mol. The van der Waals surface area contributed by atoms with Crippen LogP contribution in [0.15, 0.2) is 30.6 Å². The third-order valence-corrected chi connectivity index (χ3v) is 2.96. The fourth-order valence-electron chi connectivity index (χ4n) is 1.76. The number of carbonyl (C=O) groups excluding carboxylic acids is 1. The molecular formula is C14H18N4O. The number of nitrogens with zero attached hydrogens (tertiary/aromatic N) is 2. The van der Waals surface area contributed by atoms with Gasteiger partial charge in [0.1, 0.15) is 0 Å². The molecule has 0 spiro atoms. The number of para-hydroxylation sites is 1. The quantitative estimate of drug-likeness (QED) is 0.831. The molecule has 0 fully saturated rings. The van der Waals surface area contributed by atoms with Crippen LogP contribution in [-0.2, 0) is 0 Å². The van der Waals surface area contributed by atoms with Crippen LogP contribution in [-0.4, -0.2) is 15.7 Å². The molecular weight excluding hydrogens is 240 g/mol. The van der Waals surface area contributed by atoms with Crippen LogP contribution in [0.5, 0.6) is 0 Å². The minimum absolute atomic E-state index is 0.218. The Morgan fingerprint density at radius 2 is 2.16 bits per heavy atom. The predicted octanol–water partition coefficient (Wildman–Crippen LogP) is 2.61. The number of aromatic nitrogens is 2. The summed E-state index contributed by atoms with van der Waals surface area (Å²) in [5.74, 6) is -0.218. The van der Waals surface area contributed by atoms with Gasteiger partial charge >= 0.3 is 0 Å². The van der Waals surface area contributed by atoms with Crippen LogP contribution in [0.2, 0.25) is 0 Å². The number of carbonyl (C=O) groups is 1. The van der Waals surface area contributed by atoms with E-state index in [-0.39, 0.29) is 11.9 Å². The number of rotatable bonds is 3. The molecule has 0 unspecified atom stereocenters. The van der Waals surface area contributed by atoms with E-state index >= 15 is 0 Å². The number of benzene rings is 1. The Bertz CT molecular complexity index is 601. The number of anilines is 2. The number of nitrogens with two attached hydrogens (primary N) is 1. The van der Waals surface area contributed by atoms with E-state index in [0.29, 0.717) is 16.9 Å². The molecule has 0 aliphatic carbocycles. The van der Waals surface area contributed by atoms with Crippen molar-refractivity contribution in [1.82, 2.24) is 9.78 Å². The Hall–Kier alpha value is -2.30. The molecule has 0 bridgehead atoms. The van der Waals surface area contributed by atoms with Gasteiger partial charge in [0, 0.05) is 17.9 Å². The van der Waals surface area contributed by atoms with E-state index < -0.39 is 0 Å². The zero-order valence-electron chi connectivity index (χ0n) is 11.3. The maximum atomic E-state index is 12.1. The van der Waals surface area contributed by atoms with Crippen LogP contribution in [0.1, 0.15) is 35.8 Å². The monoisotopic (exact) mass is 258 g/mol. The first-order valence-corrected chi connectivity index (χ1v) is 6.19. The van der Waals surface area contributed by atoms with Gasteiger partial charge in [-0.1, -0.05) is 12.1 Å². The second kappa shape index (κ2) is 5.14. The smallest absolute Gasteiger partial charge is 0.257 e. The van der Waals surface area contributed by atoms with Crippen molar-refractivity contribution in [2.75, 3.05) is 11.1 Å². The van der Waals surface area contributed by atoms with E-state index in [1.165, 1.54) is 0 Å². The van der Waals surface area contributed by atoms with Crippen molar-refractivity contribution in [3.63, 3.8) is 0 Å². The highest BCUT2D eigenvalue weighted by molar-refractivity contribution is 6.07. The van der Waals surface area contributed by atoms with Crippen LogP contribution >= 0.6 is 0 Å². The standard InChI is InChI=1S/C14H18N4O/c1-9(2)18-8-11(7-16-18)17-14(19)12-6-4-5-10(3)13(12)15/h4-9H,15H2,1-3H3,(H,17,19). The van der Waals surface area contributed by atoms with Crippen molar-refractivity contribution in [2.24, 2.45) is 0 Å². The van der Waals surface area contributed by atoms with Crippen molar-refractivity contribution in [1.29, 1.82) is 0 Å². The van der Waals surface area contributed by atoms with Gasteiger partial charge in [-0.2, -0.15) is 5.10 Å². The van der Waals surface area contributed by atoms with Crippen LogP contribution < -0.4 is 11.1 Å². The molecule has 0 radical (unpaired) electrons. The molecule has 5 heteroatoms. The predicted molar refractivity (Wildman–Crippen MR) is 76.2 cm³/mol. The highest BCUT2D eigenvalue weighted by Gasteiger charge is 2.12. The number of aryl methyl sites for hydroxylation is 1. The molecule has 0 atom stereocenters. The van der Waals surface area contributed by atoms with Crippen molar-refractivity contribution < 1.29 is 4.79 Å². The molecule has 3 N–H and O–H groups in total. The zero-order valence-corrected chi connectivity index (χ0v) is 11.3. The fourth-order valence-corrected chi connectivity index (χ4v) is 1.76. The number of hydrogen-bond donors (Lipinski definition) is 2. The molecule has 100 valence electrons. The topological polar surface area (TPSA) is 72.9 Å². The first kappa shape index (κ1) is 13.1. The maximum absolute atomic E-state index is 12.1. The Balaban J connectivity index is 2.18. The van der Waals surface area contributed by atoms with Gasteiger partial charge in [-0.3, -0.25) is 9.48 Å². The molecule has 0 aliphatic rings. The Kier molecular flexibility index (Phi) is 3.55. The highest BCUT2D eigenvalue weighted by Crippen LogP contribution is 2.18. The molecule has 5 nitrogen and oxygen atoms in total. The van der Waals surface area contributed by atoms with Gasteiger partial charge in [-0.25, -0.2) is 0 Å². The average Bonchev–Trinajstić information content (AvgIpc) is 2.81. The van der Waals surface area contributed by atoms with Crippen LogP contribution in [0.4, 0.5) is 11.4 Å². The molecule has 0 saturated carbocycles. The van der Waals surface area contributed by atoms with Gasteiger partial charge < -0.3 is 11.1 Å². The number of hydrogen-bond acceptors (Lipinski definition) is 3. The van der Waals surface area contributed by atoms with Crippen molar-refractivity contribution in [2.45, 2.75) is 26.8 Å². The van der Waals surface area contributed by atoms with E-state index in [0.717, 1.165) is 5.56 Å². The van der Waals surface area contributed by atoms with Gasteiger partial charge in [0.25, 0.3) is 5.91 Å². The number of nitrogens with one attached hydrogen (secondary N) is 1. The molecule has 1 heterocycles. The van der Waals surface area contributed by atoms with Crippen LogP contribution in [0, 0.1) is 6.92 Å². The summed E-state index contributed by atoms with van der Waals surface area (Å²) < 4.78 is 1.79. The van der Waals surface area contributed by atoms with E-state index in [9.17, 15) is 4.79 Å². The molecule has 2 aromatic rings. The van der Waals surface area contributed by atoms with Crippen molar-refractivity contribution >= 4 is 17.3 Å². The first-order valence-electron chi connectivity index (χ1n) is 6.19. The first-order chi connectivity index (χ1) is 8.99. The largest absolute Gasteiger partial charge is 0.398 e. The Morgan fingerprint density at radius 3 is 2.79 bits per heavy atom. The van der Waals surface area contributed by atoms with Gasteiger partial charge in [-0.05, 0) is 32.4 Å². The van der Waals surface area contributed by atoms with Gasteiger partial charge in [0.15, 0.2) is 0 Å². The van der Waals surface area contributed by atoms with Gasteiger partial charge in [-0.15, -0.1) is 0 Å². The summed E-state index contributed by atoms with van der Waals surface area (Å²) in [6.07, 6.45) is 3.43. The lowest BCUT2D eigenvalue weighted by Crippen LogP contribution is -2.14. The summed E-state index contributed by atoms with van der Waals surface area (Å²) in [7, 11) is 0. The van der Waals surface area contributed by atoms with E-state index in [2.05, 4.69) is 10.4 Å². The van der Waals surface area contributed by atoms with E-state index in [4.69, 9.17) is 5.73 Å². The zero-order chi connectivity index (χ0) is 14.0. The SMILES string of the molecule is Cc1cccc(C(=O)Nc2cnn(C(C)C)c2)c1N. The second-order valence-corrected chi connectivity index (χ2v) is 4.79. The summed E-state index contributed by atoms with van der Waals surface area (Å²) >= 11 is 0. The lowest BCUT2D eigenvalue weighted by Gasteiger charge is -2.08. The number of amides is 1. The molecule has 1 aromatic heterocycles. The molecule has 2 rings (SSSR count). The van der Waals surface area contributed by atoms with E-state index in [1.807, 2.05) is 32.9 Å². The lowest BCUT2D eigenvalue weighted by molar-refractivity contribution is 0.102. The van der Waals surface area contributed by atoms with E-state index in [1.54, 1.807) is 23.1 Å². The Morgan fingerprint density at radius 1 is 1.42 bits per heavy atom. The molecule has 1 amide bonds. The van der Waals surface area contributed by atoms with Crippen molar-refractivity contribution in [3.8, 4) is 0 Å².